The normalized spacial score (nSPS) is 13.0. The van der Waals surface area contributed by atoms with E-state index in [2.05, 4.69) is 10.1 Å². The zero-order valence-electron chi connectivity index (χ0n) is 12.3. The minimum absolute atomic E-state index is 0.0116. The zero-order valence-corrected chi connectivity index (χ0v) is 12.3. The maximum atomic E-state index is 11.9. The maximum absolute atomic E-state index is 11.9. The van der Waals surface area contributed by atoms with Crippen molar-refractivity contribution in [1.82, 2.24) is 5.32 Å². The van der Waals surface area contributed by atoms with Gasteiger partial charge >= 0.3 is 6.18 Å². The van der Waals surface area contributed by atoms with E-state index < -0.39 is 12.8 Å². The summed E-state index contributed by atoms with van der Waals surface area (Å²) in [5.74, 6) is 1.34. The lowest BCUT2D eigenvalue weighted by Crippen LogP contribution is -2.26. The Bertz CT molecular complexity index is 438. The van der Waals surface area contributed by atoms with E-state index in [0.29, 0.717) is 18.0 Å². The molecule has 4 nitrogen and oxygen atoms in total. The van der Waals surface area contributed by atoms with E-state index in [1.165, 1.54) is 0 Å². The number of hydrogen-bond donors (Lipinski definition) is 1. The molecule has 1 rings (SSSR count). The predicted octanol–water partition coefficient (Wildman–Crippen LogP) is 2.93. The van der Waals surface area contributed by atoms with Gasteiger partial charge in [0.25, 0.3) is 0 Å². The van der Waals surface area contributed by atoms with Gasteiger partial charge in [0.1, 0.15) is 18.1 Å². The lowest BCUT2D eigenvalue weighted by molar-refractivity contribution is -0.173. The highest BCUT2D eigenvalue weighted by atomic mass is 19.4. The van der Waals surface area contributed by atoms with E-state index in [1.54, 1.807) is 26.4 Å². The number of methoxy groups -OCH3 is 2. The molecule has 0 fully saturated rings. The highest BCUT2D eigenvalue weighted by molar-refractivity contribution is 5.42. The van der Waals surface area contributed by atoms with Crippen molar-refractivity contribution in [3.63, 3.8) is 0 Å². The number of alkyl halides is 3. The van der Waals surface area contributed by atoms with Crippen molar-refractivity contribution >= 4 is 0 Å². The second-order valence-electron chi connectivity index (χ2n) is 4.45. The van der Waals surface area contributed by atoms with Gasteiger partial charge in [-0.15, -0.1) is 0 Å². The number of halogens is 3. The summed E-state index contributed by atoms with van der Waals surface area (Å²) in [5, 5.41) is 3.08. The monoisotopic (exact) mass is 307 g/mol. The first-order valence-corrected chi connectivity index (χ1v) is 6.47. The van der Waals surface area contributed by atoms with Crippen molar-refractivity contribution in [2.45, 2.75) is 19.1 Å². The SMILES string of the molecule is COc1ccc(C(C)NCCOCC(F)(F)F)c(OC)c1. The van der Waals surface area contributed by atoms with Crippen molar-refractivity contribution in [3.8, 4) is 11.5 Å². The molecule has 1 unspecified atom stereocenters. The van der Waals surface area contributed by atoms with Gasteiger partial charge in [0.15, 0.2) is 0 Å². The second-order valence-corrected chi connectivity index (χ2v) is 4.45. The summed E-state index contributed by atoms with van der Waals surface area (Å²) in [6.07, 6.45) is -4.29. The molecule has 0 bridgehead atoms. The van der Waals surface area contributed by atoms with Crippen LogP contribution in [0, 0.1) is 0 Å². The van der Waals surface area contributed by atoms with Crippen molar-refractivity contribution < 1.29 is 27.4 Å². The van der Waals surface area contributed by atoms with Crippen LogP contribution in [0.25, 0.3) is 0 Å². The minimum Gasteiger partial charge on any atom is -0.497 e. The van der Waals surface area contributed by atoms with Crippen LogP contribution in [0.4, 0.5) is 13.2 Å². The molecule has 0 heterocycles. The molecule has 1 aromatic carbocycles. The van der Waals surface area contributed by atoms with Gasteiger partial charge in [0.05, 0.1) is 20.8 Å². The summed E-state index contributed by atoms with van der Waals surface area (Å²) < 4.78 is 50.6. The number of hydrogen-bond acceptors (Lipinski definition) is 4. The van der Waals surface area contributed by atoms with Gasteiger partial charge in [0, 0.05) is 24.2 Å². The maximum Gasteiger partial charge on any atom is 0.411 e. The molecule has 0 aromatic heterocycles. The molecule has 0 spiro atoms. The number of benzene rings is 1. The summed E-state index contributed by atoms with van der Waals surface area (Å²) in [4.78, 5) is 0. The lowest BCUT2D eigenvalue weighted by Gasteiger charge is -2.18. The molecule has 1 atom stereocenters. The van der Waals surface area contributed by atoms with Crippen LogP contribution in [-0.2, 0) is 4.74 Å². The molecule has 0 saturated heterocycles. The summed E-state index contributed by atoms with van der Waals surface area (Å²) in [6.45, 7) is 0.970. The zero-order chi connectivity index (χ0) is 15.9. The number of rotatable bonds is 8. The molecule has 0 aliphatic carbocycles. The number of nitrogens with one attached hydrogen (secondary N) is 1. The van der Waals surface area contributed by atoms with Gasteiger partial charge in [0.2, 0.25) is 0 Å². The van der Waals surface area contributed by atoms with Crippen molar-refractivity contribution in [2.75, 3.05) is 34.0 Å². The van der Waals surface area contributed by atoms with E-state index >= 15 is 0 Å². The Labute approximate surface area is 122 Å². The lowest BCUT2D eigenvalue weighted by atomic mass is 10.1. The van der Waals surface area contributed by atoms with Crippen LogP contribution in [0.3, 0.4) is 0 Å². The Hall–Kier alpha value is -1.47. The van der Waals surface area contributed by atoms with Crippen LogP contribution in [-0.4, -0.2) is 40.2 Å². The molecule has 0 aliphatic rings. The molecule has 1 N–H and O–H groups in total. The number of ether oxygens (including phenoxy) is 3. The smallest absolute Gasteiger partial charge is 0.411 e. The highest BCUT2D eigenvalue weighted by Gasteiger charge is 2.27. The third-order valence-electron chi connectivity index (χ3n) is 2.87. The Morgan fingerprint density at radius 1 is 1.19 bits per heavy atom. The van der Waals surface area contributed by atoms with E-state index in [0.717, 1.165) is 5.56 Å². The molecular weight excluding hydrogens is 287 g/mol. The van der Waals surface area contributed by atoms with Gasteiger partial charge in [-0.1, -0.05) is 6.07 Å². The van der Waals surface area contributed by atoms with E-state index in [1.807, 2.05) is 13.0 Å². The molecular formula is C14H20F3NO3. The first-order chi connectivity index (χ1) is 9.87. The van der Waals surface area contributed by atoms with Crippen molar-refractivity contribution in [1.29, 1.82) is 0 Å². The third kappa shape index (κ3) is 6.22. The molecule has 0 radical (unpaired) electrons. The Morgan fingerprint density at radius 3 is 2.48 bits per heavy atom. The van der Waals surface area contributed by atoms with Crippen LogP contribution in [0.15, 0.2) is 18.2 Å². The molecule has 120 valence electrons. The van der Waals surface area contributed by atoms with Crippen LogP contribution in [0.5, 0.6) is 11.5 Å². The van der Waals surface area contributed by atoms with Crippen LogP contribution in [0.2, 0.25) is 0 Å². The van der Waals surface area contributed by atoms with E-state index in [9.17, 15) is 13.2 Å². The fourth-order valence-electron chi connectivity index (χ4n) is 1.82. The molecule has 0 aliphatic heterocycles. The van der Waals surface area contributed by atoms with E-state index in [-0.39, 0.29) is 12.6 Å². The summed E-state index contributed by atoms with van der Waals surface area (Å²) in [7, 11) is 3.12. The average Bonchev–Trinajstić information content (AvgIpc) is 2.44. The predicted molar refractivity (Wildman–Crippen MR) is 72.8 cm³/mol. The van der Waals surface area contributed by atoms with Gasteiger partial charge in [-0.3, -0.25) is 0 Å². The topological polar surface area (TPSA) is 39.7 Å². The fourth-order valence-corrected chi connectivity index (χ4v) is 1.82. The highest BCUT2D eigenvalue weighted by Crippen LogP contribution is 2.29. The molecule has 0 amide bonds. The fraction of sp³-hybridized carbons (Fsp3) is 0.571. The summed E-state index contributed by atoms with van der Waals surface area (Å²) in [5.41, 5.74) is 0.897. The second kappa shape index (κ2) is 8.09. The van der Waals surface area contributed by atoms with Crippen LogP contribution in [0.1, 0.15) is 18.5 Å². The van der Waals surface area contributed by atoms with Gasteiger partial charge < -0.3 is 19.5 Å². The van der Waals surface area contributed by atoms with E-state index in [4.69, 9.17) is 9.47 Å². The summed E-state index contributed by atoms with van der Waals surface area (Å²) >= 11 is 0. The Morgan fingerprint density at radius 2 is 1.90 bits per heavy atom. The van der Waals surface area contributed by atoms with Gasteiger partial charge in [-0.05, 0) is 13.0 Å². The Kier molecular flexibility index (Phi) is 6.77. The van der Waals surface area contributed by atoms with Crippen molar-refractivity contribution in [3.05, 3.63) is 23.8 Å². The molecule has 0 saturated carbocycles. The van der Waals surface area contributed by atoms with Gasteiger partial charge in [-0.2, -0.15) is 13.2 Å². The first kappa shape index (κ1) is 17.6. The minimum atomic E-state index is -4.29. The quantitative estimate of drug-likeness (QED) is 0.750. The average molecular weight is 307 g/mol. The van der Waals surface area contributed by atoms with Crippen LogP contribution >= 0.6 is 0 Å². The molecule has 21 heavy (non-hydrogen) atoms. The van der Waals surface area contributed by atoms with Crippen LogP contribution < -0.4 is 14.8 Å². The summed E-state index contributed by atoms with van der Waals surface area (Å²) in [6, 6.07) is 5.33. The molecule has 7 heteroatoms. The van der Waals surface area contributed by atoms with Crippen molar-refractivity contribution in [2.24, 2.45) is 0 Å². The van der Waals surface area contributed by atoms with Gasteiger partial charge in [-0.25, -0.2) is 0 Å². The standard InChI is InChI=1S/C14H20F3NO3/c1-10(18-6-7-21-9-14(15,16)17)12-5-4-11(19-2)8-13(12)20-3/h4-5,8,10,18H,6-7,9H2,1-3H3. The first-order valence-electron chi connectivity index (χ1n) is 6.47. The molecule has 1 aromatic rings. The third-order valence-corrected chi connectivity index (χ3v) is 2.87. The largest absolute Gasteiger partial charge is 0.497 e. The Balaban J connectivity index is 2.46.